The molecule has 1 N–H and O–H groups in total. The number of hydrogen-bond donors (Lipinski definition) is 1. The van der Waals surface area contributed by atoms with E-state index in [0.29, 0.717) is 36.8 Å². The van der Waals surface area contributed by atoms with Crippen molar-refractivity contribution in [2.75, 3.05) is 37.4 Å². The van der Waals surface area contributed by atoms with Crippen LogP contribution in [0.1, 0.15) is 39.2 Å². The fourth-order valence-corrected chi connectivity index (χ4v) is 6.35. The zero-order chi connectivity index (χ0) is 31.4. The highest BCUT2D eigenvalue weighted by molar-refractivity contribution is 7.98. The minimum absolute atomic E-state index is 0.0547. The van der Waals surface area contributed by atoms with Gasteiger partial charge in [-0.25, -0.2) is 8.42 Å². The SMILES string of the molecule is CCCNC(=O)C(CC)N(Cc1cccc(OC)c1)C(=O)CN(c1ccc(OCC)cc1)S(=O)(=O)c1ccc(SC)cc1. The standard InChI is InChI=1S/C32H41N3O6S2/c1-6-20-33-32(37)30(7-2)34(22-24-10-9-11-27(21-24)40-4)31(36)23-35(25-12-14-26(15-13-25)41-8-3)43(38,39)29-18-16-28(42-5)17-19-29/h9-19,21,30H,6-8,20,22-23H2,1-5H3,(H,33,37). The molecular formula is C32H41N3O6S2. The van der Waals surface area contributed by atoms with Gasteiger partial charge in [0.1, 0.15) is 24.1 Å². The second kappa shape index (κ2) is 16.2. The molecule has 0 spiro atoms. The van der Waals surface area contributed by atoms with Crippen LogP contribution in [-0.2, 0) is 26.2 Å². The predicted octanol–water partition coefficient (Wildman–Crippen LogP) is 5.34. The normalized spacial score (nSPS) is 11.8. The highest BCUT2D eigenvalue weighted by atomic mass is 32.2. The van der Waals surface area contributed by atoms with Gasteiger partial charge in [-0.15, -0.1) is 11.8 Å². The summed E-state index contributed by atoms with van der Waals surface area (Å²) in [5.74, 6) is 0.390. The highest BCUT2D eigenvalue weighted by Crippen LogP contribution is 2.28. The van der Waals surface area contributed by atoms with E-state index in [-0.39, 0.29) is 17.3 Å². The van der Waals surface area contributed by atoms with Gasteiger partial charge in [0.15, 0.2) is 0 Å². The van der Waals surface area contributed by atoms with E-state index < -0.39 is 28.5 Å². The summed E-state index contributed by atoms with van der Waals surface area (Å²) < 4.78 is 40.2. The van der Waals surface area contributed by atoms with E-state index in [0.717, 1.165) is 21.2 Å². The van der Waals surface area contributed by atoms with E-state index in [4.69, 9.17) is 9.47 Å². The van der Waals surface area contributed by atoms with E-state index in [1.165, 1.54) is 28.8 Å². The Morgan fingerprint density at radius 2 is 1.65 bits per heavy atom. The first kappa shape index (κ1) is 33.8. The van der Waals surface area contributed by atoms with Gasteiger partial charge in [0, 0.05) is 18.0 Å². The topological polar surface area (TPSA) is 105 Å². The van der Waals surface area contributed by atoms with Gasteiger partial charge >= 0.3 is 0 Å². The molecule has 0 aromatic heterocycles. The number of amides is 2. The number of hydrogen-bond acceptors (Lipinski definition) is 7. The maximum Gasteiger partial charge on any atom is 0.264 e. The van der Waals surface area contributed by atoms with E-state index in [1.807, 2.05) is 39.2 Å². The van der Waals surface area contributed by atoms with Crippen LogP contribution in [0.3, 0.4) is 0 Å². The van der Waals surface area contributed by atoms with Gasteiger partial charge < -0.3 is 19.7 Å². The van der Waals surface area contributed by atoms with Crippen molar-refractivity contribution in [3.63, 3.8) is 0 Å². The second-order valence-electron chi connectivity index (χ2n) is 9.70. The number of rotatable bonds is 16. The van der Waals surface area contributed by atoms with Crippen molar-refractivity contribution in [1.29, 1.82) is 0 Å². The quantitative estimate of drug-likeness (QED) is 0.214. The molecule has 3 aromatic carbocycles. The largest absolute Gasteiger partial charge is 0.497 e. The van der Waals surface area contributed by atoms with Crippen LogP contribution in [0.2, 0.25) is 0 Å². The third-order valence-corrected chi connectivity index (χ3v) is 9.32. The van der Waals surface area contributed by atoms with Gasteiger partial charge in [-0.2, -0.15) is 0 Å². The summed E-state index contributed by atoms with van der Waals surface area (Å²) in [4.78, 5) is 29.9. The van der Waals surface area contributed by atoms with Crippen molar-refractivity contribution in [2.45, 2.75) is 56.0 Å². The monoisotopic (exact) mass is 627 g/mol. The molecule has 0 radical (unpaired) electrons. The fraction of sp³-hybridized carbons (Fsp3) is 0.375. The van der Waals surface area contributed by atoms with Crippen molar-refractivity contribution in [1.82, 2.24) is 10.2 Å². The molecule has 0 aliphatic carbocycles. The number of anilines is 1. The number of nitrogens with one attached hydrogen (secondary N) is 1. The molecule has 3 rings (SSSR count). The first-order valence-electron chi connectivity index (χ1n) is 14.3. The summed E-state index contributed by atoms with van der Waals surface area (Å²) in [5.41, 5.74) is 1.05. The van der Waals surface area contributed by atoms with Crippen molar-refractivity contribution < 1.29 is 27.5 Å². The van der Waals surface area contributed by atoms with Gasteiger partial charge in [0.2, 0.25) is 11.8 Å². The van der Waals surface area contributed by atoms with Crippen LogP contribution >= 0.6 is 11.8 Å². The maximum absolute atomic E-state index is 14.2. The molecular weight excluding hydrogens is 587 g/mol. The van der Waals surface area contributed by atoms with Crippen LogP contribution in [0.25, 0.3) is 0 Å². The van der Waals surface area contributed by atoms with E-state index in [1.54, 1.807) is 55.6 Å². The molecule has 0 heterocycles. The molecule has 9 nitrogen and oxygen atoms in total. The lowest BCUT2D eigenvalue weighted by Gasteiger charge is -2.33. The Kier molecular flexibility index (Phi) is 12.8. The number of benzene rings is 3. The Hall–Kier alpha value is -3.70. The molecule has 0 aliphatic rings. The van der Waals surface area contributed by atoms with Crippen LogP contribution in [-0.4, -0.2) is 64.2 Å². The van der Waals surface area contributed by atoms with Crippen LogP contribution in [0.5, 0.6) is 11.5 Å². The average molecular weight is 628 g/mol. The first-order chi connectivity index (χ1) is 20.7. The number of nitrogens with zero attached hydrogens (tertiary/aromatic N) is 2. The van der Waals surface area contributed by atoms with Crippen LogP contribution in [0.4, 0.5) is 5.69 Å². The Morgan fingerprint density at radius 3 is 2.23 bits per heavy atom. The van der Waals surface area contributed by atoms with Crippen LogP contribution in [0, 0.1) is 0 Å². The van der Waals surface area contributed by atoms with Gasteiger partial charge in [-0.1, -0.05) is 26.0 Å². The molecule has 11 heteroatoms. The summed E-state index contributed by atoms with van der Waals surface area (Å²) in [7, 11) is -2.61. The zero-order valence-corrected chi connectivity index (χ0v) is 27.0. The second-order valence-corrected chi connectivity index (χ2v) is 12.4. The third kappa shape index (κ3) is 8.90. The molecule has 232 valence electrons. The number of carbonyl (C=O) groups is 2. The minimum Gasteiger partial charge on any atom is -0.497 e. The molecule has 3 aromatic rings. The summed E-state index contributed by atoms with van der Waals surface area (Å²) >= 11 is 1.50. The van der Waals surface area contributed by atoms with Crippen molar-refractivity contribution >= 4 is 39.3 Å². The lowest BCUT2D eigenvalue weighted by molar-refractivity contribution is -0.140. The van der Waals surface area contributed by atoms with Crippen LogP contribution in [0.15, 0.2) is 82.6 Å². The summed E-state index contributed by atoms with van der Waals surface area (Å²) in [5, 5.41) is 2.89. The highest BCUT2D eigenvalue weighted by Gasteiger charge is 2.33. The minimum atomic E-state index is -4.17. The van der Waals surface area contributed by atoms with Crippen molar-refractivity contribution in [3.8, 4) is 11.5 Å². The molecule has 0 saturated carbocycles. The van der Waals surface area contributed by atoms with E-state index in [9.17, 15) is 18.0 Å². The molecule has 0 bridgehead atoms. The lowest BCUT2D eigenvalue weighted by atomic mass is 10.1. The van der Waals surface area contributed by atoms with E-state index in [2.05, 4.69) is 5.32 Å². The van der Waals surface area contributed by atoms with Gasteiger partial charge in [0.25, 0.3) is 10.0 Å². The molecule has 1 unspecified atom stereocenters. The molecule has 0 saturated heterocycles. The number of ether oxygens (including phenoxy) is 2. The van der Waals surface area contributed by atoms with Gasteiger partial charge in [0.05, 0.1) is 24.3 Å². The van der Waals surface area contributed by atoms with Gasteiger partial charge in [-0.3, -0.25) is 13.9 Å². The number of sulfonamides is 1. The number of methoxy groups -OCH3 is 1. The average Bonchev–Trinajstić information content (AvgIpc) is 3.03. The molecule has 43 heavy (non-hydrogen) atoms. The zero-order valence-electron chi connectivity index (χ0n) is 25.4. The Balaban J connectivity index is 2.06. The summed E-state index contributed by atoms with van der Waals surface area (Å²) in [6, 6.07) is 19.5. The molecule has 0 aliphatic heterocycles. The smallest absolute Gasteiger partial charge is 0.264 e. The Bertz CT molecular complexity index is 1450. The molecule has 0 fully saturated rings. The van der Waals surface area contributed by atoms with Crippen molar-refractivity contribution in [2.24, 2.45) is 0 Å². The molecule has 2 amide bonds. The third-order valence-electron chi connectivity index (χ3n) is 6.78. The van der Waals surface area contributed by atoms with E-state index >= 15 is 0 Å². The predicted molar refractivity (Wildman–Crippen MR) is 171 cm³/mol. The van der Waals surface area contributed by atoms with Crippen molar-refractivity contribution in [3.05, 3.63) is 78.4 Å². The summed E-state index contributed by atoms with van der Waals surface area (Å²) in [6.45, 7) is 6.14. The summed E-state index contributed by atoms with van der Waals surface area (Å²) in [6.07, 6.45) is 2.99. The van der Waals surface area contributed by atoms with Gasteiger partial charge in [-0.05, 0) is 92.2 Å². The number of carbonyl (C=O) groups excluding carboxylic acids is 2. The maximum atomic E-state index is 14.2. The molecule has 1 atom stereocenters. The first-order valence-corrected chi connectivity index (χ1v) is 16.9. The Labute approximate surface area is 259 Å². The fourth-order valence-electron chi connectivity index (χ4n) is 4.53. The number of thioether (sulfide) groups is 1. The van der Waals surface area contributed by atoms with Crippen LogP contribution < -0.4 is 19.1 Å². The Morgan fingerprint density at radius 1 is 0.953 bits per heavy atom. The lowest BCUT2D eigenvalue weighted by Crippen LogP contribution is -2.52.